The topological polar surface area (TPSA) is 50.1 Å². The van der Waals surface area contributed by atoms with Crippen LogP contribution in [0.1, 0.15) is 6.42 Å². The van der Waals surface area contributed by atoms with Gasteiger partial charge in [0.05, 0.1) is 11.6 Å². The Hall–Kier alpha value is -1.55. The van der Waals surface area contributed by atoms with Crippen LogP contribution in [-0.4, -0.2) is 24.1 Å². The van der Waals surface area contributed by atoms with Crippen molar-refractivity contribution < 1.29 is 4.42 Å². The van der Waals surface area contributed by atoms with Crippen molar-refractivity contribution in [2.75, 3.05) is 18.4 Å². The predicted molar refractivity (Wildman–Crippen MR) is 58.9 cm³/mol. The summed E-state index contributed by atoms with van der Waals surface area (Å²) in [5, 5.41) is 7.82. The van der Waals surface area contributed by atoms with Gasteiger partial charge in [0.15, 0.2) is 0 Å². The Labute approximate surface area is 87.7 Å². The molecule has 1 aliphatic heterocycles. The second-order valence-electron chi connectivity index (χ2n) is 3.83. The van der Waals surface area contributed by atoms with Crippen LogP contribution in [0.25, 0.3) is 11.0 Å². The summed E-state index contributed by atoms with van der Waals surface area (Å²) in [5.41, 5.74) is 0.887. The van der Waals surface area contributed by atoms with Gasteiger partial charge < -0.3 is 15.1 Å². The van der Waals surface area contributed by atoms with Crippen molar-refractivity contribution in [3.63, 3.8) is 0 Å². The number of fused-ring (bicyclic) bond motifs is 1. The molecule has 15 heavy (non-hydrogen) atoms. The monoisotopic (exact) mass is 203 g/mol. The molecule has 0 aliphatic carbocycles. The Morgan fingerprint density at radius 1 is 1.47 bits per heavy atom. The van der Waals surface area contributed by atoms with Gasteiger partial charge in [0.1, 0.15) is 11.4 Å². The maximum Gasteiger partial charge on any atom is 0.139 e. The Balaban J connectivity index is 1.92. The summed E-state index contributed by atoms with van der Waals surface area (Å²) in [5.74, 6) is 0.926. The van der Waals surface area contributed by atoms with E-state index >= 15 is 0 Å². The van der Waals surface area contributed by atoms with Crippen molar-refractivity contribution in [2.45, 2.75) is 12.5 Å². The molecule has 4 nitrogen and oxygen atoms in total. The van der Waals surface area contributed by atoms with Gasteiger partial charge >= 0.3 is 0 Å². The summed E-state index contributed by atoms with van der Waals surface area (Å²) in [4.78, 5) is 4.34. The smallest absolute Gasteiger partial charge is 0.139 e. The van der Waals surface area contributed by atoms with Crippen molar-refractivity contribution in [3.8, 4) is 0 Å². The lowest BCUT2D eigenvalue weighted by Gasteiger charge is -2.11. The van der Waals surface area contributed by atoms with Crippen molar-refractivity contribution in [1.82, 2.24) is 10.3 Å². The largest absolute Gasteiger partial charge is 0.464 e. The van der Waals surface area contributed by atoms with E-state index in [0.29, 0.717) is 6.04 Å². The molecule has 2 N–H and O–H groups in total. The molecule has 0 aromatic carbocycles. The molecule has 2 aromatic rings. The molecule has 1 atom stereocenters. The van der Waals surface area contributed by atoms with Gasteiger partial charge in [-0.1, -0.05) is 0 Å². The van der Waals surface area contributed by atoms with Crippen LogP contribution in [0.15, 0.2) is 29.0 Å². The summed E-state index contributed by atoms with van der Waals surface area (Å²) in [6, 6.07) is 4.32. The average Bonchev–Trinajstić information content (AvgIpc) is 2.87. The van der Waals surface area contributed by atoms with E-state index in [-0.39, 0.29) is 0 Å². The van der Waals surface area contributed by atoms with Crippen LogP contribution in [0.2, 0.25) is 0 Å². The molecular formula is C11H13N3O. The third-order valence-electron chi connectivity index (χ3n) is 2.78. The molecule has 1 fully saturated rings. The van der Waals surface area contributed by atoms with E-state index in [1.165, 1.54) is 0 Å². The minimum absolute atomic E-state index is 0.484. The highest BCUT2D eigenvalue weighted by Gasteiger charge is 2.15. The molecule has 1 aliphatic rings. The molecule has 0 amide bonds. The van der Waals surface area contributed by atoms with Gasteiger partial charge in [0.25, 0.3) is 0 Å². The molecule has 0 spiro atoms. The van der Waals surface area contributed by atoms with Crippen LogP contribution < -0.4 is 10.6 Å². The molecule has 4 heteroatoms. The molecule has 2 aromatic heterocycles. The molecule has 0 unspecified atom stereocenters. The van der Waals surface area contributed by atoms with Gasteiger partial charge in [-0.2, -0.15) is 0 Å². The fourth-order valence-electron chi connectivity index (χ4n) is 1.98. The normalized spacial score (nSPS) is 20.9. The van der Waals surface area contributed by atoms with E-state index in [1.54, 1.807) is 12.5 Å². The van der Waals surface area contributed by atoms with E-state index in [0.717, 1.165) is 36.3 Å². The van der Waals surface area contributed by atoms with Crippen molar-refractivity contribution in [3.05, 3.63) is 24.6 Å². The molecule has 3 heterocycles. The third kappa shape index (κ3) is 1.57. The number of nitrogens with one attached hydrogen (secondary N) is 2. The lowest BCUT2D eigenvalue weighted by molar-refractivity contribution is 0.615. The molecule has 1 saturated heterocycles. The molecular weight excluding hydrogens is 190 g/mol. The van der Waals surface area contributed by atoms with Gasteiger partial charge in [-0.15, -0.1) is 0 Å². The first-order chi connectivity index (χ1) is 7.43. The summed E-state index contributed by atoms with van der Waals surface area (Å²) in [7, 11) is 0. The van der Waals surface area contributed by atoms with Crippen LogP contribution in [0.3, 0.4) is 0 Å². The van der Waals surface area contributed by atoms with E-state index in [9.17, 15) is 0 Å². The highest BCUT2D eigenvalue weighted by atomic mass is 16.3. The first-order valence-electron chi connectivity index (χ1n) is 5.23. The Morgan fingerprint density at radius 2 is 2.47 bits per heavy atom. The van der Waals surface area contributed by atoms with Crippen LogP contribution in [0.5, 0.6) is 0 Å². The summed E-state index contributed by atoms with van der Waals surface area (Å²) in [6.45, 7) is 2.09. The maximum absolute atomic E-state index is 5.33. The van der Waals surface area contributed by atoms with Crippen molar-refractivity contribution >= 4 is 16.8 Å². The van der Waals surface area contributed by atoms with Gasteiger partial charge in [-0.25, -0.2) is 4.98 Å². The minimum atomic E-state index is 0.484. The number of hydrogen-bond acceptors (Lipinski definition) is 4. The van der Waals surface area contributed by atoms with E-state index in [4.69, 9.17) is 4.42 Å². The zero-order valence-corrected chi connectivity index (χ0v) is 8.36. The predicted octanol–water partition coefficient (Wildman–Crippen LogP) is 1.60. The van der Waals surface area contributed by atoms with Gasteiger partial charge in [0, 0.05) is 18.8 Å². The first kappa shape index (κ1) is 8.73. The number of rotatable bonds is 2. The Morgan fingerprint density at radius 3 is 3.33 bits per heavy atom. The standard InChI is InChI=1S/C11H13N3O/c1-4-12-7-8(1)14-11-9-3-6-15-10(9)2-5-13-11/h2-3,5-6,8,12H,1,4,7H2,(H,13,14)/t8-/m0/s1. The fourth-order valence-corrected chi connectivity index (χ4v) is 1.98. The van der Waals surface area contributed by atoms with Crippen molar-refractivity contribution in [1.29, 1.82) is 0 Å². The summed E-state index contributed by atoms with van der Waals surface area (Å²) < 4.78 is 5.33. The number of pyridine rings is 1. The number of furan rings is 1. The zero-order valence-electron chi connectivity index (χ0n) is 8.36. The van der Waals surface area contributed by atoms with Crippen molar-refractivity contribution in [2.24, 2.45) is 0 Å². The first-order valence-corrected chi connectivity index (χ1v) is 5.23. The van der Waals surface area contributed by atoms with Gasteiger partial charge in [-0.3, -0.25) is 0 Å². The highest BCUT2D eigenvalue weighted by molar-refractivity contribution is 5.87. The van der Waals surface area contributed by atoms with Gasteiger partial charge in [-0.05, 0) is 25.1 Å². The third-order valence-corrected chi connectivity index (χ3v) is 2.78. The second-order valence-corrected chi connectivity index (χ2v) is 3.83. The molecule has 0 saturated carbocycles. The Bertz CT molecular complexity index is 460. The zero-order chi connectivity index (χ0) is 10.1. The van der Waals surface area contributed by atoms with Gasteiger partial charge in [0.2, 0.25) is 0 Å². The lowest BCUT2D eigenvalue weighted by atomic mass is 10.2. The number of anilines is 1. The number of nitrogens with zero attached hydrogens (tertiary/aromatic N) is 1. The van der Waals surface area contributed by atoms with Crippen LogP contribution in [0.4, 0.5) is 5.82 Å². The molecule has 0 radical (unpaired) electrons. The molecule has 3 rings (SSSR count). The maximum atomic E-state index is 5.33. The van der Waals surface area contributed by atoms with E-state index in [1.807, 2.05) is 12.1 Å². The van der Waals surface area contributed by atoms with Crippen LogP contribution in [0, 0.1) is 0 Å². The van der Waals surface area contributed by atoms with Crippen LogP contribution in [-0.2, 0) is 0 Å². The fraction of sp³-hybridized carbons (Fsp3) is 0.364. The Kier molecular flexibility index (Phi) is 2.07. The molecule has 78 valence electrons. The highest BCUT2D eigenvalue weighted by Crippen LogP contribution is 2.22. The molecule has 0 bridgehead atoms. The van der Waals surface area contributed by atoms with Crippen LogP contribution >= 0.6 is 0 Å². The average molecular weight is 203 g/mol. The minimum Gasteiger partial charge on any atom is -0.464 e. The van der Waals surface area contributed by atoms with E-state index in [2.05, 4.69) is 15.6 Å². The SMILES string of the molecule is c1cc2occc2c(N[C@H]2CCNC2)n1. The summed E-state index contributed by atoms with van der Waals surface area (Å²) in [6.07, 6.45) is 4.62. The summed E-state index contributed by atoms with van der Waals surface area (Å²) >= 11 is 0. The lowest BCUT2D eigenvalue weighted by Crippen LogP contribution is -2.22. The number of hydrogen-bond donors (Lipinski definition) is 2. The quantitative estimate of drug-likeness (QED) is 0.778. The van der Waals surface area contributed by atoms with E-state index < -0.39 is 0 Å². The number of aromatic nitrogens is 1. The second kappa shape index (κ2) is 3.55.